The van der Waals surface area contributed by atoms with Crippen LogP contribution in [0.15, 0.2) is 11.6 Å². The zero-order chi connectivity index (χ0) is 16.9. The number of ketones is 1. The van der Waals surface area contributed by atoms with Crippen LogP contribution in [0.3, 0.4) is 0 Å². The van der Waals surface area contributed by atoms with E-state index in [0.29, 0.717) is 18.4 Å². The van der Waals surface area contributed by atoms with Gasteiger partial charge in [-0.1, -0.05) is 31.9 Å². The Labute approximate surface area is 140 Å². The van der Waals surface area contributed by atoms with Gasteiger partial charge in [0, 0.05) is 12.0 Å². The largest absolute Gasteiger partial charge is 0.396 e. The standard InChI is InChI=1S/C20H32O3/c1-18(17(23)12-21)10-7-15-14(11-18)5-6-16-19(2,13-22)8-4-9-20(15,16)3/h11,15-16,21-22H,4-10,12-13H2,1-3H3/t15-,16-,18+,19-,20+/m1/s1. The molecule has 0 spiro atoms. The Kier molecular flexibility index (Phi) is 4.25. The van der Waals surface area contributed by atoms with Crippen LogP contribution in [0, 0.1) is 28.1 Å². The summed E-state index contributed by atoms with van der Waals surface area (Å²) in [6.45, 7) is 6.63. The molecule has 3 aliphatic rings. The molecule has 0 radical (unpaired) electrons. The summed E-state index contributed by atoms with van der Waals surface area (Å²) in [5.74, 6) is 1.08. The maximum absolute atomic E-state index is 12.1. The third-order valence-electron chi connectivity index (χ3n) is 7.66. The Morgan fingerprint density at radius 3 is 2.57 bits per heavy atom. The van der Waals surface area contributed by atoms with Gasteiger partial charge in [-0.15, -0.1) is 0 Å². The zero-order valence-electron chi connectivity index (χ0n) is 14.9. The Balaban J connectivity index is 1.94. The second-order valence-electron chi connectivity index (χ2n) is 9.07. The Bertz CT molecular complexity index is 525. The van der Waals surface area contributed by atoms with Crippen molar-refractivity contribution in [2.24, 2.45) is 28.1 Å². The fourth-order valence-electron chi connectivity index (χ4n) is 6.22. The van der Waals surface area contributed by atoms with E-state index >= 15 is 0 Å². The van der Waals surface area contributed by atoms with Gasteiger partial charge in [0.2, 0.25) is 0 Å². The molecule has 130 valence electrons. The molecule has 0 aliphatic heterocycles. The van der Waals surface area contributed by atoms with Crippen molar-refractivity contribution >= 4 is 5.78 Å². The monoisotopic (exact) mass is 320 g/mol. The maximum atomic E-state index is 12.1. The minimum atomic E-state index is -0.473. The van der Waals surface area contributed by atoms with Crippen LogP contribution in [0.5, 0.6) is 0 Å². The molecule has 3 nitrogen and oxygen atoms in total. The van der Waals surface area contributed by atoms with Crippen LogP contribution < -0.4 is 0 Å². The van der Waals surface area contributed by atoms with Gasteiger partial charge in [0.1, 0.15) is 6.61 Å². The van der Waals surface area contributed by atoms with Gasteiger partial charge in [0.05, 0.1) is 0 Å². The van der Waals surface area contributed by atoms with Gasteiger partial charge in [-0.05, 0) is 68.1 Å². The SMILES string of the molecule is C[C@]1(CO)CCC[C@@]2(C)[C@@H]3CC[C@](C)(C(=O)CO)C=C3CC[C@H]12. The fraction of sp³-hybridized carbons (Fsp3) is 0.850. The number of Topliss-reactive ketones (excluding diaryl/α,β-unsaturated/α-hetero) is 1. The van der Waals surface area contributed by atoms with Gasteiger partial charge >= 0.3 is 0 Å². The van der Waals surface area contributed by atoms with E-state index in [9.17, 15) is 15.0 Å². The van der Waals surface area contributed by atoms with Crippen LogP contribution in [-0.4, -0.2) is 29.2 Å². The predicted molar refractivity (Wildman–Crippen MR) is 90.9 cm³/mol. The number of fused-ring (bicyclic) bond motifs is 3. The van der Waals surface area contributed by atoms with Crippen molar-refractivity contribution in [3.8, 4) is 0 Å². The van der Waals surface area contributed by atoms with Crippen LogP contribution in [0.25, 0.3) is 0 Å². The van der Waals surface area contributed by atoms with Gasteiger partial charge in [-0.2, -0.15) is 0 Å². The summed E-state index contributed by atoms with van der Waals surface area (Å²) in [7, 11) is 0. The van der Waals surface area contributed by atoms with Gasteiger partial charge in [0.15, 0.2) is 5.78 Å². The lowest BCUT2D eigenvalue weighted by Crippen LogP contribution is -2.53. The number of hydrogen-bond donors (Lipinski definition) is 2. The average molecular weight is 320 g/mol. The summed E-state index contributed by atoms with van der Waals surface area (Å²) in [6.07, 6.45) is 9.83. The summed E-state index contributed by atoms with van der Waals surface area (Å²) < 4.78 is 0. The summed E-state index contributed by atoms with van der Waals surface area (Å²) in [5.41, 5.74) is 1.28. The lowest BCUT2D eigenvalue weighted by Gasteiger charge is -2.60. The fourth-order valence-corrected chi connectivity index (χ4v) is 6.22. The van der Waals surface area contributed by atoms with Crippen LogP contribution in [-0.2, 0) is 4.79 Å². The average Bonchev–Trinajstić information content (AvgIpc) is 2.53. The van der Waals surface area contributed by atoms with E-state index in [4.69, 9.17) is 0 Å². The first-order valence-electron chi connectivity index (χ1n) is 9.26. The van der Waals surface area contributed by atoms with Gasteiger partial charge in [0.25, 0.3) is 0 Å². The van der Waals surface area contributed by atoms with E-state index in [1.54, 1.807) is 0 Å². The highest BCUT2D eigenvalue weighted by Gasteiger charge is 2.56. The maximum Gasteiger partial charge on any atom is 0.167 e. The highest BCUT2D eigenvalue weighted by Crippen LogP contribution is 2.63. The molecular formula is C20H32O3. The minimum Gasteiger partial charge on any atom is -0.396 e. The van der Waals surface area contributed by atoms with Crippen LogP contribution >= 0.6 is 0 Å². The molecule has 5 atom stereocenters. The molecule has 2 N–H and O–H groups in total. The van der Waals surface area contributed by atoms with E-state index in [2.05, 4.69) is 19.9 Å². The molecule has 2 saturated carbocycles. The molecule has 3 aliphatic carbocycles. The molecule has 2 fully saturated rings. The summed E-state index contributed by atoms with van der Waals surface area (Å²) in [6, 6.07) is 0. The highest BCUT2D eigenvalue weighted by molar-refractivity contribution is 5.87. The van der Waals surface area contributed by atoms with Crippen LogP contribution in [0.1, 0.15) is 65.7 Å². The van der Waals surface area contributed by atoms with Gasteiger partial charge < -0.3 is 10.2 Å². The van der Waals surface area contributed by atoms with Crippen molar-refractivity contribution in [2.75, 3.05) is 13.2 Å². The molecule has 0 amide bonds. The summed E-state index contributed by atoms with van der Waals surface area (Å²) in [4.78, 5) is 12.1. The number of hydrogen-bond acceptors (Lipinski definition) is 3. The summed E-state index contributed by atoms with van der Waals surface area (Å²) in [5, 5.41) is 19.3. The zero-order valence-corrected chi connectivity index (χ0v) is 14.9. The Hall–Kier alpha value is -0.670. The second kappa shape index (κ2) is 5.70. The number of carbonyl (C=O) groups excluding carboxylic acids is 1. The molecule has 0 heterocycles. The molecule has 0 aromatic rings. The van der Waals surface area contributed by atoms with Crippen molar-refractivity contribution in [1.29, 1.82) is 0 Å². The molecule has 3 rings (SSSR count). The second-order valence-corrected chi connectivity index (χ2v) is 9.07. The first-order valence-corrected chi connectivity index (χ1v) is 9.26. The van der Waals surface area contributed by atoms with Crippen LogP contribution in [0.2, 0.25) is 0 Å². The molecule has 3 heteroatoms. The summed E-state index contributed by atoms with van der Waals surface area (Å²) >= 11 is 0. The molecular weight excluding hydrogens is 288 g/mol. The number of allylic oxidation sites excluding steroid dienone is 2. The van der Waals surface area contributed by atoms with E-state index in [0.717, 1.165) is 32.1 Å². The van der Waals surface area contributed by atoms with Crippen molar-refractivity contribution < 1.29 is 15.0 Å². The first-order chi connectivity index (χ1) is 10.8. The molecule has 0 aromatic heterocycles. The highest BCUT2D eigenvalue weighted by atomic mass is 16.3. The predicted octanol–water partition coefficient (Wildman–Crippen LogP) is 3.49. The number of aliphatic hydroxyl groups excluding tert-OH is 2. The minimum absolute atomic E-state index is 0.0421. The van der Waals surface area contributed by atoms with Gasteiger partial charge in [-0.25, -0.2) is 0 Å². The topological polar surface area (TPSA) is 57.5 Å². The van der Waals surface area contributed by atoms with Crippen LogP contribution in [0.4, 0.5) is 0 Å². The van der Waals surface area contributed by atoms with Crippen molar-refractivity contribution in [2.45, 2.75) is 65.7 Å². The number of aliphatic hydroxyl groups is 2. The number of rotatable bonds is 3. The third kappa shape index (κ3) is 2.51. The third-order valence-corrected chi connectivity index (χ3v) is 7.66. The first kappa shape index (κ1) is 17.2. The van der Waals surface area contributed by atoms with Crippen molar-refractivity contribution in [3.05, 3.63) is 11.6 Å². The molecule has 0 unspecified atom stereocenters. The number of carbonyl (C=O) groups is 1. The van der Waals surface area contributed by atoms with Crippen molar-refractivity contribution in [3.63, 3.8) is 0 Å². The lowest BCUT2D eigenvalue weighted by molar-refractivity contribution is -0.130. The normalized spacial score (nSPS) is 46.6. The molecule has 0 bridgehead atoms. The Morgan fingerprint density at radius 2 is 1.91 bits per heavy atom. The van der Waals surface area contributed by atoms with E-state index in [1.807, 2.05) is 6.92 Å². The molecule has 0 aromatic carbocycles. The Morgan fingerprint density at radius 1 is 1.17 bits per heavy atom. The van der Waals surface area contributed by atoms with E-state index in [-0.39, 0.29) is 23.2 Å². The smallest absolute Gasteiger partial charge is 0.167 e. The molecule has 0 saturated heterocycles. The van der Waals surface area contributed by atoms with E-state index < -0.39 is 5.41 Å². The molecule has 23 heavy (non-hydrogen) atoms. The van der Waals surface area contributed by atoms with Gasteiger partial charge in [-0.3, -0.25) is 4.79 Å². The van der Waals surface area contributed by atoms with E-state index in [1.165, 1.54) is 18.4 Å². The van der Waals surface area contributed by atoms with Crippen molar-refractivity contribution in [1.82, 2.24) is 0 Å². The quantitative estimate of drug-likeness (QED) is 0.783. The lowest BCUT2D eigenvalue weighted by atomic mass is 9.45.